The van der Waals surface area contributed by atoms with E-state index in [1.807, 2.05) is 0 Å². The first kappa shape index (κ1) is 35.7. The van der Waals surface area contributed by atoms with E-state index in [-0.39, 0.29) is 38.4 Å². The maximum absolute atomic E-state index is 13.3. The molecule has 45 heavy (non-hydrogen) atoms. The summed E-state index contributed by atoms with van der Waals surface area (Å²) in [5.74, 6) is -0.339. The monoisotopic (exact) mass is 646 g/mol. The Kier molecular flexibility index (Phi) is 11.6. The lowest BCUT2D eigenvalue weighted by atomic mass is 9.74. The van der Waals surface area contributed by atoms with Crippen LogP contribution in [0.25, 0.3) is 0 Å². The fraction of sp³-hybridized carbons (Fsp3) is 0.852. The maximum atomic E-state index is 13.3. The number of nitrogens with zero attached hydrogens (tertiary/aromatic N) is 1. The highest BCUT2D eigenvalue weighted by atomic mass is 16.7. The molecule has 0 aromatic rings. The third-order valence-electron chi connectivity index (χ3n) is 8.78. The van der Waals surface area contributed by atoms with Gasteiger partial charge in [0.25, 0.3) is 5.91 Å². The second-order valence-electron chi connectivity index (χ2n) is 12.6. The van der Waals surface area contributed by atoms with Crippen LogP contribution in [0.15, 0.2) is 16.8 Å². The SMILES string of the molecule is CN[C@@H]1[C@@H](O)[C@@H](O[C@@H]2[C@@H](O)[C@H](O[C@H]3OC(CNCCO)=CC[C@H]3N)[C@@H](N)C[C@H]2NC(=O)C2(O)CC(N=C(N)N)C2)OC[C@]1(C)O. The second-order valence-corrected chi connectivity index (χ2v) is 12.6. The fourth-order valence-corrected chi connectivity index (χ4v) is 6.32. The van der Waals surface area contributed by atoms with Crippen molar-refractivity contribution in [2.45, 2.75) is 111 Å². The minimum absolute atomic E-state index is 0.0153. The molecule has 0 unspecified atom stereocenters. The molecular weight excluding hydrogens is 596 g/mol. The van der Waals surface area contributed by atoms with Crippen molar-refractivity contribution in [3.05, 3.63) is 11.8 Å². The van der Waals surface area contributed by atoms with Gasteiger partial charge in [0.1, 0.15) is 41.4 Å². The Morgan fingerprint density at radius 3 is 2.44 bits per heavy atom. The van der Waals surface area contributed by atoms with Gasteiger partial charge < -0.3 is 83.4 Å². The van der Waals surface area contributed by atoms with E-state index in [4.69, 9.17) is 47.0 Å². The molecule has 0 bridgehead atoms. The largest absolute Gasteiger partial charge is 0.467 e. The number of likely N-dealkylation sites (N-methyl/N-ethyl adjacent to an activating group) is 1. The van der Waals surface area contributed by atoms with Crippen LogP contribution in [0, 0.1) is 0 Å². The quantitative estimate of drug-likeness (QED) is 0.0533. The number of aliphatic imine (C=N–C) groups is 1. The number of rotatable bonds is 12. The van der Waals surface area contributed by atoms with E-state index in [9.17, 15) is 25.2 Å². The first-order valence-electron chi connectivity index (χ1n) is 15.2. The summed E-state index contributed by atoms with van der Waals surface area (Å²) >= 11 is 0. The van der Waals surface area contributed by atoms with Gasteiger partial charge in [0.05, 0.1) is 43.9 Å². The fourth-order valence-electron chi connectivity index (χ4n) is 6.32. The van der Waals surface area contributed by atoms with Crippen molar-refractivity contribution < 1.29 is 49.3 Å². The molecule has 0 aromatic carbocycles. The summed E-state index contributed by atoms with van der Waals surface area (Å²) in [5, 5.41) is 61.9. The Bertz CT molecular complexity index is 1070. The molecule has 0 radical (unpaired) electrons. The number of nitrogens with one attached hydrogen (secondary N) is 3. The van der Waals surface area contributed by atoms with Crippen LogP contribution < -0.4 is 38.9 Å². The molecule has 3 fully saturated rings. The number of aliphatic hydroxyl groups is 5. The molecule has 0 aromatic heterocycles. The molecule has 1 saturated heterocycles. The minimum atomic E-state index is -1.76. The summed E-state index contributed by atoms with van der Waals surface area (Å²) in [6.07, 6.45) is -5.29. The van der Waals surface area contributed by atoms with Crippen LogP contribution >= 0.6 is 0 Å². The third kappa shape index (κ3) is 8.21. The zero-order valence-electron chi connectivity index (χ0n) is 25.6. The number of carbonyl (C=O) groups is 1. The van der Waals surface area contributed by atoms with Crippen molar-refractivity contribution in [2.24, 2.45) is 27.9 Å². The molecule has 4 rings (SSSR count). The summed E-state index contributed by atoms with van der Waals surface area (Å²) in [6.45, 7) is 1.94. The molecule has 2 aliphatic heterocycles. The molecule has 18 nitrogen and oxygen atoms in total. The zero-order chi connectivity index (χ0) is 33.1. The molecule has 0 spiro atoms. The van der Waals surface area contributed by atoms with Crippen molar-refractivity contribution in [1.29, 1.82) is 0 Å². The van der Waals surface area contributed by atoms with Gasteiger partial charge in [-0.3, -0.25) is 9.79 Å². The van der Waals surface area contributed by atoms with Gasteiger partial charge in [-0.25, -0.2) is 0 Å². The van der Waals surface area contributed by atoms with Crippen LogP contribution in [0.2, 0.25) is 0 Å². The standard InChI is InChI=1S/C27H50N8O10/c1-26(40)11-42-23(18(38)21(26)32-2)45-20-16(35-24(39)27(41)8-12(9-27)34-25(30)31)7-15(29)19(17(20)37)44-22-14(28)4-3-13(43-22)10-33-5-6-36/h3,12,14-23,32-33,36-38,40-41H,4-11,28-29H2,1-2H3,(H,35,39)(H4,30,31,34)/t12?,14-,15+,16-,17+,18-,19-,20+,21-,22-,23-,26+,27?/m1/s1. The van der Waals surface area contributed by atoms with E-state index in [1.54, 1.807) is 13.1 Å². The van der Waals surface area contributed by atoms with Gasteiger partial charge in [-0.15, -0.1) is 0 Å². The summed E-state index contributed by atoms with van der Waals surface area (Å²) in [7, 11) is 1.57. The number of hydrogen-bond acceptors (Lipinski definition) is 15. The van der Waals surface area contributed by atoms with Crippen molar-refractivity contribution >= 4 is 11.9 Å². The Balaban J connectivity index is 1.51. The average molecular weight is 647 g/mol. The molecule has 2 aliphatic carbocycles. The lowest BCUT2D eigenvalue weighted by Gasteiger charge is -2.49. The van der Waals surface area contributed by atoms with Gasteiger partial charge in [-0.05, 0) is 32.9 Å². The Labute approximate surface area is 261 Å². The molecule has 258 valence electrons. The molecule has 4 aliphatic rings. The van der Waals surface area contributed by atoms with Crippen LogP contribution in [0.4, 0.5) is 0 Å². The van der Waals surface area contributed by atoms with E-state index in [0.717, 1.165) is 0 Å². The number of aliphatic hydroxyl groups excluding tert-OH is 3. The smallest absolute Gasteiger partial charge is 0.252 e. The third-order valence-corrected chi connectivity index (χ3v) is 8.78. The minimum Gasteiger partial charge on any atom is -0.467 e. The predicted molar refractivity (Wildman–Crippen MR) is 159 cm³/mol. The van der Waals surface area contributed by atoms with E-state index in [2.05, 4.69) is 20.9 Å². The Hall–Kier alpha value is -2.20. The molecule has 18 heteroatoms. The van der Waals surface area contributed by atoms with E-state index in [0.29, 0.717) is 25.3 Å². The summed E-state index contributed by atoms with van der Waals surface area (Å²) in [5.41, 5.74) is 20.4. The van der Waals surface area contributed by atoms with Gasteiger partial charge in [-0.2, -0.15) is 0 Å². The lowest BCUT2D eigenvalue weighted by molar-refractivity contribution is -0.304. The summed E-state index contributed by atoms with van der Waals surface area (Å²) in [4.78, 5) is 17.2. The van der Waals surface area contributed by atoms with Gasteiger partial charge >= 0.3 is 0 Å². The molecule has 2 heterocycles. The number of guanidine groups is 1. The van der Waals surface area contributed by atoms with Gasteiger partial charge in [0.15, 0.2) is 12.2 Å². The van der Waals surface area contributed by atoms with Gasteiger partial charge in [0.2, 0.25) is 6.29 Å². The van der Waals surface area contributed by atoms with Crippen molar-refractivity contribution in [1.82, 2.24) is 16.0 Å². The molecule has 2 saturated carbocycles. The number of ether oxygens (including phenoxy) is 4. The highest BCUT2D eigenvalue weighted by Crippen LogP contribution is 2.36. The normalized spacial score (nSPS) is 43.4. The lowest BCUT2D eigenvalue weighted by Crippen LogP contribution is -2.70. The van der Waals surface area contributed by atoms with Crippen molar-refractivity contribution in [2.75, 3.05) is 33.4 Å². The number of hydrogen-bond donors (Lipinski definition) is 12. The average Bonchev–Trinajstić information content (AvgIpc) is 2.94. The predicted octanol–water partition coefficient (Wildman–Crippen LogP) is -5.90. The van der Waals surface area contributed by atoms with Gasteiger partial charge in [-0.1, -0.05) is 0 Å². The molecule has 1 amide bonds. The molecule has 16 N–H and O–H groups in total. The molecular formula is C27H50N8O10. The summed E-state index contributed by atoms with van der Waals surface area (Å²) in [6, 6.07) is -3.67. The van der Waals surface area contributed by atoms with E-state index in [1.165, 1.54) is 6.92 Å². The second kappa shape index (κ2) is 14.7. The van der Waals surface area contributed by atoms with Crippen LogP contribution in [0.5, 0.6) is 0 Å². The Morgan fingerprint density at radius 1 is 1.11 bits per heavy atom. The maximum Gasteiger partial charge on any atom is 0.252 e. The van der Waals surface area contributed by atoms with Crippen molar-refractivity contribution in [3.63, 3.8) is 0 Å². The van der Waals surface area contributed by atoms with Gasteiger partial charge in [0, 0.05) is 25.4 Å². The van der Waals surface area contributed by atoms with Crippen LogP contribution in [0.1, 0.15) is 32.6 Å². The van der Waals surface area contributed by atoms with E-state index >= 15 is 0 Å². The number of amides is 1. The number of nitrogens with two attached hydrogens (primary N) is 4. The Morgan fingerprint density at radius 2 is 1.80 bits per heavy atom. The first-order chi connectivity index (χ1) is 21.2. The summed E-state index contributed by atoms with van der Waals surface area (Å²) < 4.78 is 23.9. The molecule has 11 atom stereocenters. The van der Waals surface area contributed by atoms with E-state index < -0.39 is 84.3 Å². The first-order valence-corrected chi connectivity index (χ1v) is 15.2. The number of carbonyl (C=O) groups excluding carboxylic acids is 1. The van der Waals surface area contributed by atoms with Crippen LogP contribution in [-0.4, -0.2) is 149 Å². The van der Waals surface area contributed by atoms with Crippen molar-refractivity contribution in [3.8, 4) is 0 Å². The highest BCUT2D eigenvalue weighted by Gasteiger charge is 2.54. The van der Waals surface area contributed by atoms with Crippen LogP contribution in [0.3, 0.4) is 0 Å². The highest BCUT2D eigenvalue weighted by molar-refractivity contribution is 5.87. The topological polar surface area (TPSA) is 308 Å². The zero-order valence-corrected chi connectivity index (χ0v) is 25.6. The van der Waals surface area contributed by atoms with Crippen LogP contribution in [-0.2, 0) is 23.7 Å².